The SMILES string of the molecule is CCS(=O)(=O)N1CCC(NC(=O)N2CCCC(c3nc(C)no3)C2)CC1. The second kappa shape index (κ2) is 7.91. The Hall–Kier alpha value is -1.68. The van der Waals surface area contributed by atoms with Gasteiger partial charge < -0.3 is 14.7 Å². The smallest absolute Gasteiger partial charge is 0.317 e. The maximum Gasteiger partial charge on any atom is 0.317 e. The van der Waals surface area contributed by atoms with Crippen molar-refractivity contribution in [2.45, 2.75) is 51.5 Å². The van der Waals surface area contributed by atoms with Crippen molar-refractivity contribution in [1.82, 2.24) is 24.7 Å². The molecule has 1 unspecified atom stereocenters. The zero-order valence-electron chi connectivity index (χ0n) is 15.3. The van der Waals surface area contributed by atoms with Crippen LogP contribution in [-0.4, -0.2) is 71.8 Å². The standard InChI is InChI=1S/C16H27N5O4S/c1-3-26(23,24)21-9-6-14(7-10-21)18-16(22)20-8-4-5-13(11-20)15-17-12(2)19-25-15/h13-14H,3-11H2,1-2H3,(H,18,22). The molecule has 2 amide bonds. The molecule has 3 heterocycles. The molecule has 0 radical (unpaired) electrons. The number of nitrogens with one attached hydrogen (secondary N) is 1. The molecule has 0 spiro atoms. The number of nitrogens with zero attached hydrogens (tertiary/aromatic N) is 4. The minimum atomic E-state index is -3.14. The molecule has 2 fully saturated rings. The molecule has 146 valence electrons. The fourth-order valence-electron chi connectivity index (χ4n) is 3.57. The Kier molecular flexibility index (Phi) is 5.81. The van der Waals surface area contributed by atoms with Crippen molar-refractivity contribution in [3.8, 4) is 0 Å². The van der Waals surface area contributed by atoms with Gasteiger partial charge in [-0.2, -0.15) is 4.98 Å². The number of aromatic nitrogens is 2. The third-order valence-electron chi connectivity index (χ3n) is 5.14. The van der Waals surface area contributed by atoms with Crippen LogP contribution in [0.25, 0.3) is 0 Å². The first-order valence-electron chi connectivity index (χ1n) is 9.22. The van der Waals surface area contributed by atoms with E-state index in [-0.39, 0.29) is 23.7 Å². The highest BCUT2D eigenvalue weighted by Crippen LogP contribution is 2.26. The van der Waals surface area contributed by atoms with Crippen molar-refractivity contribution in [2.24, 2.45) is 0 Å². The second-order valence-corrected chi connectivity index (χ2v) is 9.25. The Labute approximate surface area is 154 Å². The molecule has 10 heteroatoms. The van der Waals surface area contributed by atoms with Crippen LogP contribution < -0.4 is 5.32 Å². The minimum Gasteiger partial charge on any atom is -0.339 e. The molecular weight excluding hydrogens is 358 g/mol. The van der Waals surface area contributed by atoms with Crippen molar-refractivity contribution in [2.75, 3.05) is 31.9 Å². The van der Waals surface area contributed by atoms with Gasteiger partial charge in [0.15, 0.2) is 5.82 Å². The molecule has 1 atom stereocenters. The normalized spacial score (nSPS) is 23.2. The van der Waals surface area contributed by atoms with Gasteiger partial charge in [-0.05, 0) is 39.5 Å². The van der Waals surface area contributed by atoms with Crippen molar-refractivity contribution < 1.29 is 17.7 Å². The molecule has 0 aliphatic carbocycles. The molecule has 1 aromatic heterocycles. The molecule has 1 aromatic rings. The van der Waals surface area contributed by atoms with E-state index in [2.05, 4.69) is 15.5 Å². The number of aryl methyl sites for hydroxylation is 1. The third kappa shape index (κ3) is 4.35. The molecule has 0 aromatic carbocycles. The molecule has 2 aliphatic rings. The summed E-state index contributed by atoms with van der Waals surface area (Å²) in [7, 11) is -3.14. The Morgan fingerprint density at radius 2 is 2.00 bits per heavy atom. The highest BCUT2D eigenvalue weighted by atomic mass is 32.2. The summed E-state index contributed by atoms with van der Waals surface area (Å²) >= 11 is 0. The van der Waals surface area contributed by atoms with Crippen molar-refractivity contribution in [3.63, 3.8) is 0 Å². The first-order chi connectivity index (χ1) is 12.4. The van der Waals surface area contributed by atoms with Gasteiger partial charge in [-0.15, -0.1) is 0 Å². The Balaban J connectivity index is 1.51. The van der Waals surface area contributed by atoms with Gasteiger partial charge in [0.1, 0.15) is 0 Å². The summed E-state index contributed by atoms with van der Waals surface area (Å²) in [5, 5.41) is 6.88. The number of carbonyl (C=O) groups excluding carboxylic acids is 1. The number of likely N-dealkylation sites (tertiary alicyclic amines) is 1. The van der Waals surface area contributed by atoms with E-state index in [1.54, 1.807) is 18.7 Å². The van der Waals surface area contributed by atoms with Crippen LogP contribution >= 0.6 is 0 Å². The first-order valence-corrected chi connectivity index (χ1v) is 10.8. The Morgan fingerprint density at radius 3 is 2.62 bits per heavy atom. The Bertz CT molecular complexity index is 727. The fourth-order valence-corrected chi connectivity index (χ4v) is 4.70. The van der Waals surface area contributed by atoms with Crippen LogP contribution in [0.1, 0.15) is 50.2 Å². The van der Waals surface area contributed by atoms with E-state index in [4.69, 9.17) is 4.52 Å². The highest BCUT2D eigenvalue weighted by molar-refractivity contribution is 7.89. The molecule has 3 rings (SSSR count). The Morgan fingerprint density at radius 1 is 1.27 bits per heavy atom. The van der Waals surface area contributed by atoms with Crippen LogP contribution in [-0.2, 0) is 10.0 Å². The van der Waals surface area contributed by atoms with E-state index in [0.29, 0.717) is 50.7 Å². The molecule has 26 heavy (non-hydrogen) atoms. The maximum absolute atomic E-state index is 12.6. The van der Waals surface area contributed by atoms with Gasteiger partial charge >= 0.3 is 6.03 Å². The van der Waals surface area contributed by atoms with Crippen LogP contribution in [0.4, 0.5) is 4.79 Å². The number of sulfonamides is 1. The van der Waals surface area contributed by atoms with E-state index in [0.717, 1.165) is 12.8 Å². The molecule has 0 bridgehead atoms. The summed E-state index contributed by atoms with van der Waals surface area (Å²) in [6.45, 7) is 5.64. The average Bonchev–Trinajstić information content (AvgIpc) is 3.09. The lowest BCUT2D eigenvalue weighted by Crippen LogP contribution is -2.52. The largest absolute Gasteiger partial charge is 0.339 e. The summed E-state index contributed by atoms with van der Waals surface area (Å²) in [5.74, 6) is 1.40. The second-order valence-electron chi connectivity index (χ2n) is 6.99. The van der Waals surface area contributed by atoms with Crippen LogP contribution in [0.5, 0.6) is 0 Å². The van der Waals surface area contributed by atoms with Crippen LogP contribution in [0.2, 0.25) is 0 Å². The maximum atomic E-state index is 12.6. The van der Waals surface area contributed by atoms with Gasteiger partial charge in [-0.25, -0.2) is 17.5 Å². The number of piperidine rings is 2. The lowest BCUT2D eigenvalue weighted by molar-refractivity contribution is 0.164. The monoisotopic (exact) mass is 385 g/mol. The highest BCUT2D eigenvalue weighted by Gasteiger charge is 2.31. The van der Waals surface area contributed by atoms with Crippen LogP contribution in [0.15, 0.2) is 4.52 Å². The molecule has 2 aliphatic heterocycles. The quantitative estimate of drug-likeness (QED) is 0.831. The molecule has 0 saturated carbocycles. The van der Waals surface area contributed by atoms with Gasteiger partial charge in [-0.3, -0.25) is 0 Å². The van der Waals surface area contributed by atoms with Gasteiger partial charge in [0.05, 0.1) is 11.7 Å². The van der Waals surface area contributed by atoms with Crippen molar-refractivity contribution >= 4 is 16.1 Å². The average molecular weight is 385 g/mol. The van der Waals surface area contributed by atoms with Crippen LogP contribution in [0, 0.1) is 6.92 Å². The molecule has 9 nitrogen and oxygen atoms in total. The lowest BCUT2D eigenvalue weighted by Gasteiger charge is -2.35. The van der Waals surface area contributed by atoms with E-state index < -0.39 is 10.0 Å². The van der Waals surface area contributed by atoms with E-state index in [1.165, 1.54) is 4.31 Å². The van der Waals surface area contributed by atoms with Crippen LogP contribution in [0.3, 0.4) is 0 Å². The fraction of sp³-hybridized carbons (Fsp3) is 0.812. The number of hydrogen-bond donors (Lipinski definition) is 1. The van der Waals surface area contributed by atoms with E-state index in [1.807, 2.05) is 0 Å². The zero-order chi connectivity index (χ0) is 18.7. The van der Waals surface area contributed by atoms with Gasteiger partial charge in [0.25, 0.3) is 0 Å². The van der Waals surface area contributed by atoms with Gasteiger partial charge in [0, 0.05) is 32.2 Å². The number of carbonyl (C=O) groups is 1. The number of rotatable bonds is 4. The molecular formula is C16H27N5O4S. The predicted octanol–water partition coefficient (Wildman–Crippen LogP) is 1.08. The summed E-state index contributed by atoms with van der Waals surface area (Å²) in [4.78, 5) is 18.7. The summed E-state index contributed by atoms with van der Waals surface area (Å²) in [6.07, 6.45) is 3.11. The molecule has 2 saturated heterocycles. The third-order valence-corrected chi connectivity index (χ3v) is 7.02. The minimum absolute atomic E-state index is 0.0110. The van der Waals surface area contributed by atoms with Gasteiger partial charge in [0.2, 0.25) is 15.9 Å². The topological polar surface area (TPSA) is 109 Å². The number of hydrogen-bond acceptors (Lipinski definition) is 6. The number of urea groups is 1. The lowest BCUT2D eigenvalue weighted by atomic mass is 9.98. The van der Waals surface area contributed by atoms with E-state index in [9.17, 15) is 13.2 Å². The van der Waals surface area contributed by atoms with Crippen molar-refractivity contribution in [3.05, 3.63) is 11.7 Å². The first kappa shape index (κ1) is 19.1. The number of amides is 2. The van der Waals surface area contributed by atoms with E-state index >= 15 is 0 Å². The van der Waals surface area contributed by atoms with Gasteiger partial charge in [-0.1, -0.05) is 5.16 Å². The zero-order valence-corrected chi connectivity index (χ0v) is 16.2. The summed E-state index contributed by atoms with van der Waals surface area (Å²) < 4.78 is 30.6. The van der Waals surface area contributed by atoms with Crippen molar-refractivity contribution in [1.29, 1.82) is 0 Å². The predicted molar refractivity (Wildman–Crippen MR) is 95.2 cm³/mol. The summed E-state index contributed by atoms with van der Waals surface area (Å²) in [5.41, 5.74) is 0. The summed E-state index contributed by atoms with van der Waals surface area (Å²) in [6, 6.07) is -0.0837. The molecule has 1 N–H and O–H groups in total.